The van der Waals surface area contributed by atoms with Gasteiger partial charge in [-0.3, -0.25) is 0 Å². The molecule has 0 bridgehead atoms. The van der Waals surface area contributed by atoms with Crippen LogP contribution in [0.25, 0.3) is 0 Å². The summed E-state index contributed by atoms with van der Waals surface area (Å²) in [6.45, 7) is 3.96. The van der Waals surface area contributed by atoms with Crippen LogP contribution >= 0.6 is 23.1 Å². The Balaban J connectivity index is 1.54. The van der Waals surface area contributed by atoms with Gasteiger partial charge in [0.1, 0.15) is 11.8 Å². The van der Waals surface area contributed by atoms with Crippen LogP contribution in [-0.2, 0) is 9.53 Å². The molecule has 0 aliphatic carbocycles. The second-order valence-electron chi connectivity index (χ2n) is 6.76. The smallest absolute Gasteiger partial charge is 0.338 e. The summed E-state index contributed by atoms with van der Waals surface area (Å²) in [4.78, 5) is 25.0. The number of rotatable bonds is 8. The zero-order valence-corrected chi connectivity index (χ0v) is 19.0. The molecule has 1 aliphatic heterocycles. The highest BCUT2D eigenvalue weighted by molar-refractivity contribution is 8.01. The minimum absolute atomic E-state index is 0.214. The van der Waals surface area contributed by atoms with E-state index in [4.69, 9.17) is 9.15 Å². The lowest BCUT2D eigenvalue weighted by Crippen LogP contribution is -2.46. The molecule has 3 N–H and O–H groups in total. The fourth-order valence-corrected chi connectivity index (χ4v) is 4.86. The highest BCUT2D eigenvalue weighted by Gasteiger charge is 2.35. The van der Waals surface area contributed by atoms with Crippen LogP contribution in [0.1, 0.15) is 24.3 Å². The fraction of sp³-hybridized carbons (Fsp3) is 0.238. The average Bonchev–Trinajstić information content (AvgIpc) is 3.46. The van der Waals surface area contributed by atoms with Crippen LogP contribution in [0.5, 0.6) is 0 Å². The summed E-state index contributed by atoms with van der Waals surface area (Å²) in [5, 5.41) is 17.8. The van der Waals surface area contributed by atoms with Crippen molar-refractivity contribution in [3.63, 3.8) is 0 Å². The van der Waals surface area contributed by atoms with Crippen molar-refractivity contribution in [1.82, 2.24) is 20.8 Å². The molecule has 0 radical (unpaired) electrons. The number of esters is 1. The SMILES string of the molecule is CCOC(=O)C1=C(CSc2nnc(Nc3ccccc3C)s2)NC(=O)NC1c1ccco1. The number of furan rings is 1. The Morgan fingerprint density at radius 2 is 2.12 bits per heavy atom. The van der Waals surface area contributed by atoms with Gasteiger partial charge in [0.2, 0.25) is 5.13 Å². The Kier molecular flexibility index (Phi) is 6.76. The lowest BCUT2D eigenvalue weighted by Gasteiger charge is -2.27. The first-order valence-corrected chi connectivity index (χ1v) is 11.7. The molecule has 2 aromatic heterocycles. The summed E-state index contributed by atoms with van der Waals surface area (Å²) < 4.78 is 11.4. The topological polar surface area (TPSA) is 118 Å². The molecule has 3 heterocycles. The van der Waals surface area contributed by atoms with E-state index < -0.39 is 18.0 Å². The van der Waals surface area contributed by atoms with Crippen LogP contribution in [0.4, 0.5) is 15.6 Å². The van der Waals surface area contributed by atoms with Crippen molar-refractivity contribution in [3.05, 3.63) is 65.3 Å². The van der Waals surface area contributed by atoms with Gasteiger partial charge in [0.25, 0.3) is 0 Å². The number of anilines is 2. The van der Waals surface area contributed by atoms with Crippen LogP contribution in [0, 0.1) is 6.92 Å². The number of hydrogen-bond acceptors (Lipinski definition) is 9. The van der Waals surface area contributed by atoms with Gasteiger partial charge in [-0.25, -0.2) is 9.59 Å². The van der Waals surface area contributed by atoms with Gasteiger partial charge in [0.05, 0.1) is 18.4 Å². The van der Waals surface area contributed by atoms with Gasteiger partial charge in [-0.05, 0) is 37.6 Å². The van der Waals surface area contributed by atoms with Crippen LogP contribution < -0.4 is 16.0 Å². The molecule has 2 amide bonds. The minimum Gasteiger partial charge on any atom is -0.467 e. The number of aryl methyl sites for hydroxylation is 1. The minimum atomic E-state index is -0.735. The largest absolute Gasteiger partial charge is 0.467 e. The Bertz CT molecular complexity index is 1140. The molecule has 3 aromatic rings. The van der Waals surface area contributed by atoms with Crippen molar-refractivity contribution in [3.8, 4) is 0 Å². The lowest BCUT2D eigenvalue weighted by atomic mass is 10.0. The van der Waals surface area contributed by atoms with Gasteiger partial charge < -0.3 is 25.1 Å². The number of nitrogens with zero attached hydrogens (tertiary/aromatic N) is 2. The van der Waals surface area contributed by atoms with Gasteiger partial charge in [0.15, 0.2) is 4.34 Å². The van der Waals surface area contributed by atoms with Gasteiger partial charge in [0, 0.05) is 17.1 Å². The van der Waals surface area contributed by atoms with Crippen molar-refractivity contribution in [2.24, 2.45) is 0 Å². The second kappa shape index (κ2) is 9.88. The maximum Gasteiger partial charge on any atom is 0.338 e. The normalized spacial score (nSPS) is 15.8. The van der Waals surface area contributed by atoms with Crippen molar-refractivity contribution in [2.45, 2.75) is 24.2 Å². The summed E-state index contributed by atoms with van der Waals surface area (Å²) in [7, 11) is 0. The molecule has 0 fully saturated rings. The molecule has 1 aliphatic rings. The number of ether oxygens (including phenoxy) is 1. The van der Waals surface area contributed by atoms with Crippen molar-refractivity contribution >= 4 is 45.9 Å². The van der Waals surface area contributed by atoms with E-state index in [-0.39, 0.29) is 6.61 Å². The van der Waals surface area contributed by atoms with Crippen molar-refractivity contribution in [2.75, 3.05) is 17.7 Å². The summed E-state index contributed by atoms with van der Waals surface area (Å²) in [6, 6.07) is 10.1. The quantitative estimate of drug-likeness (QED) is 0.331. The number of aromatic nitrogens is 2. The molecule has 0 spiro atoms. The van der Waals surface area contributed by atoms with Gasteiger partial charge in [-0.15, -0.1) is 10.2 Å². The maximum absolute atomic E-state index is 12.7. The average molecular weight is 472 g/mol. The highest BCUT2D eigenvalue weighted by atomic mass is 32.2. The molecule has 32 heavy (non-hydrogen) atoms. The Labute approximate surface area is 192 Å². The van der Waals surface area contributed by atoms with E-state index in [0.29, 0.717) is 32.3 Å². The number of carbonyl (C=O) groups excluding carboxylic acids is 2. The van der Waals surface area contributed by atoms with Gasteiger partial charge >= 0.3 is 12.0 Å². The molecule has 11 heteroatoms. The Morgan fingerprint density at radius 1 is 1.28 bits per heavy atom. The summed E-state index contributed by atoms with van der Waals surface area (Å²) >= 11 is 2.76. The van der Waals surface area contributed by atoms with E-state index in [1.165, 1.54) is 29.4 Å². The predicted molar refractivity (Wildman–Crippen MR) is 122 cm³/mol. The lowest BCUT2D eigenvalue weighted by molar-refractivity contribution is -0.139. The first kappa shape index (κ1) is 21.9. The van der Waals surface area contributed by atoms with E-state index in [1.807, 2.05) is 31.2 Å². The molecule has 1 unspecified atom stereocenters. The Morgan fingerprint density at radius 3 is 2.88 bits per heavy atom. The molecular weight excluding hydrogens is 450 g/mol. The maximum atomic E-state index is 12.7. The van der Waals surface area contributed by atoms with Gasteiger partial charge in [-0.1, -0.05) is 41.3 Å². The standard InChI is InChI=1S/C21H21N5O4S2/c1-3-29-18(27)16-14(22-19(28)24-17(16)15-9-6-10-30-15)11-31-21-26-25-20(32-21)23-13-8-5-4-7-12(13)2/h4-10,17H,3,11H2,1-2H3,(H,23,25)(H2,22,24,28). The summed E-state index contributed by atoms with van der Waals surface area (Å²) in [6.07, 6.45) is 1.49. The van der Waals surface area contributed by atoms with Gasteiger partial charge in [-0.2, -0.15) is 0 Å². The van der Waals surface area contributed by atoms with E-state index in [0.717, 1.165) is 11.3 Å². The molecule has 0 saturated heterocycles. The first-order chi connectivity index (χ1) is 15.5. The number of nitrogens with one attached hydrogen (secondary N) is 3. The number of benzene rings is 1. The van der Waals surface area contributed by atoms with Crippen LogP contribution in [0.2, 0.25) is 0 Å². The van der Waals surface area contributed by atoms with Crippen LogP contribution in [0.3, 0.4) is 0 Å². The molecule has 1 atom stereocenters. The van der Waals surface area contributed by atoms with Crippen LogP contribution in [-0.4, -0.2) is 34.6 Å². The number of carbonyl (C=O) groups is 2. The van der Waals surface area contributed by atoms with Crippen molar-refractivity contribution in [1.29, 1.82) is 0 Å². The molecule has 0 saturated carbocycles. The third-order valence-corrected chi connectivity index (χ3v) is 6.61. The fourth-order valence-electron chi connectivity index (χ4n) is 3.13. The number of hydrogen-bond donors (Lipinski definition) is 3. The van der Waals surface area contributed by atoms with Crippen molar-refractivity contribution < 1.29 is 18.7 Å². The first-order valence-electron chi connectivity index (χ1n) is 9.85. The monoisotopic (exact) mass is 471 g/mol. The predicted octanol–water partition coefficient (Wildman–Crippen LogP) is 4.15. The highest BCUT2D eigenvalue weighted by Crippen LogP contribution is 2.33. The van der Waals surface area contributed by atoms with E-state index in [1.54, 1.807) is 19.1 Å². The molecular formula is C21H21N5O4S2. The molecule has 1 aromatic carbocycles. The van der Waals surface area contributed by atoms with Crippen LogP contribution in [0.15, 0.2) is 62.7 Å². The Hall–Kier alpha value is -3.31. The second-order valence-corrected chi connectivity index (χ2v) is 8.96. The third-order valence-electron chi connectivity index (χ3n) is 4.61. The molecule has 4 rings (SSSR count). The van der Waals surface area contributed by atoms with E-state index >= 15 is 0 Å². The summed E-state index contributed by atoms with van der Waals surface area (Å²) in [5.74, 6) is 0.236. The number of para-hydroxylation sites is 1. The number of amides is 2. The number of urea groups is 1. The van der Waals surface area contributed by atoms with E-state index in [9.17, 15) is 9.59 Å². The van der Waals surface area contributed by atoms with E-state index in [2.05, 4.69) is 26.1 Å². The molecule has 9 nitrogen and oxygen atoms in total. The third kappa shape index (κ3) is 4.94. The zero-order chi connectivity index (χ0) is 22.5. The zero-order valence-electron chi connectivity index (χ0n) is 17.4. The summed E-state index contributed by atoms with van der Waals surface area (Å²) in [5.41, 5.74) is 2.81. The number of thioether (sulfide) groups is 1. The molecule has 166 valence electrons.